The van der Waals surface area contributed by atoms with E-state index in [9.17, 15) is 4.79 Å². The number of aromatic nitrogens is 3. The number of benzene rings is 2. The minimum absolute atomic E-state index is 0.253. The molecule has 6 heteroatoms. The molecule has 0 saturated heterocycles. The molecular formula is C21H15ClN4O. The lowest BCUT2D eigenvalue weighted by Gasteiger charge is -2.08. The summed E-state index contributed by atoms with van der Waals surface area (Å²) in [5.74, 6) is 0.477. The van der Waals surface area contributed by atoms with Gasteiger partial charge < -0.3 is 5.32 Å². The number of imidazole rings is 1. The molecular weight excluding hydrogens is 360 g/mol. The van der Waals surface area contributed by atoms with Crippen molar-refractivity contribution in [2.24, 2.45) is 0 Å². The van der Waals surface area contributed by atoms with E-state index in [1.165, 1.54) is 6.08 Å². The summed E-state index contributed by atoms with van der Waals surface area (Å²) in [5, 5.41) is 4.42. The Morgan fingerprint density at radius 2 is 1.96 bits per heavy atom. The monoisotopic (exact) mass is 374 g/mol. The van der Waals surface area contributed by atoms with Gasteiger partial charge in [0.05, 0.1) is 11.2 Å². The number of fused-ring (bicyclic) bond motifs is 1. The molecule has 4 aromatic rings. The smallest absolute Gasteiger partial charge is 0.248 e. The highest BCUT2D eigenvalue weighted by molar-refractivity contribution is 6.32. The second kappa shape index (κ2) is 7.43. The number of nitrogens with one attached hydrogen (secondary N) is 1. The molecule has 0 spiro atoms. The third-order valence-corrected chi connectivity index (χ3v) is 4.40. The normalized spacial score (nSPS) is 11.1. The second-order valence-corrected chi connectivity index (χ2v) is 6.27. The predicted molar refractivity (Wildman–Crippen MR) is 108 cm³/mol. The summed E-state index contributed by atoms with van der Waals surface area (Å²) >= 11 is 6.11. The molecule has 5 nitrogen and oxygen atoms in total. The Hall–Kier alpha value is -3.44. The van der Waals surface area contributed by atoms with Crippen molar-refractivity contribution in [3.8, 4) is 5.82 Å². The molecule has 1 amide bonds. The quantitative estimate of drug-likeness (QED) is 0.525. The maximum atomic E-state index is 12.4. The predicted octanol–water partition coefficient (Wildman–Crippen LogP) is 4.73. The number of nitrogens with zero attached hydrogens (tertiary/aromatic N) is 3. The molecule has 0 aliphatic rings. The lowest BCUT2D eigenvalue weighted by Crippen LogP contribution is -2.09. The number of pyridine rings is 1. The van der Waals surface area contributed by atoms with Crippen LogP contribution in [0.1, 0.15) is 5.56 Å². The van der Waals surface area contributed by atoms with Gasteiger partial charge in [0.2, 0.25) is 5.91 Å². The van der Waals surface area contributed by atoms with Crippen molar-refractivity contribution < 1.29 is 4.79 Å². The van der Waals surface area contributed by atoms with Crippen LogP contribution in [0.4, 0.5) is 5.69 Å². The Labute approximate surface area is 161 Å². The van der Waals surface area contributed by atoms with E-state index in [-0.39, 0.29) is 5.91 Å². The summed E-state index contributed by atoms with van der Waals surface area (Å²) in [4.78, 5) is 21.1. The van der Waals surface area contributed by atoms with Gasteiger partial charge >= 0.3 is 0 Å². The molecule has 2 heterocycles. The van der Waals surface area contributed by atoms with Gasteiger partial charge in [-0.3, -0.25) is 9.36 Å². The van der Waals surface area contributed by atoms with Crippen LogP contribution in [0.5, 0.6) is 0 Å². The summed E-state index contributed by atoms with van der Waals surface area (Å²) < 4.78 is 1.81. The van der Waals surface area contributed by atoms with Crippen molar-refractivity contribution in [2.75, 3.05) is 5.32 Å². The highest BCUT2D eigenvalue weighted by Crippen LogP contribution is 2.23. The third kappa shape index (κ3) is 3.73. The van der Waals surface area contributed by atoms with Gasteiger partial charge in [-0.05, 0) is 35.9 Å². The van der Waals surface area contributed by atoms with Crippen molar-refractivity contribution in [2.45, 2.75) is 0 Å². The number of anilines is 1. The molecule has 0 fully saturated rings. The fourth-order valence-corrected chi connectivity index (χ4v) is 2.92. The molecule has 27 heavy (non-hydrogen) atoms. The SMILES string of the molecule is O=C(/C=C/c1ccccc1Cl)Nc1cccc2ccc(-n3ccnc3)nc12. The Morgan fingerprint density at radius 1 is 1.07 bits per heavy atom. The Bertz CT molecular complexity index is 1140. The molecule has 0 atom stereocenters. The van der Waals surface area contributed by atoms with Crippen molar-refractivity contribution in [3.05, 3.63) is 90.0 Å². The van der Waals surface area contributed by atoms with Gasteiger partial charge in [0.15, 0.2) is 0 Å². The maximum absolute atomic E-state index is 12.4. The average Bonchev–Trinajstić information content (AvgIpc) is 3.22. The Balaban J connectivity index is 1.62. The fourth-order valence-electron chi connectivity index (χ4n) is 2.73. The lowest BCUT2D eigenvalue weighted by atomic mass is 10.2. The molecule has 2 aromatic carbocycles. The van der Waals surface area contributed by atoms with E-state index in [0.29, 0.717) is 16.2 Å². The van der Waals surface area contributed by atoms with E-state index in [2.05, 4.69) is 15.3 Å². The van der Waals surface area contributed by atoms with Gasteiger partial charge in [-0.25, -0.2) is 9.97 Å². The van der Waals surface area contributed by atoms with Gasteiger partial charge in [-0.15, -0.1) is 0 Å². The number of para-hydroxylation sites is 1. The molecule has 1 N–H and O–H groups in total. The molecule has 0 radical (unpaired) electrons. The van der Waals surface area contributed by atoms with Crippen molar-refractivity contribution >= 4 is 40.2 Å². The largest absolute Gasteiger partial charge is 0.321 e. The Kier molecular flexibility index (Phi) is 4.68. The molecule has 2 aromatic heterocycles. The molecule has 132 valence electrons. The number of carbonyl (C=O) groups is 1. The van der Waals surface area contributed by atoms with Crippen LogP contribution in [0, 0.1) is 0 Å². The standard InChI is InChI=1S/C21H15ClN4O/c22-17-6-2-1-4-15(17)9-11-20(27)24-18-7-3-5-16-8-10-19(25-21(16)18)26-13-12-23-14-26/h1-14H,(H,24,27)/b11-9+. The summed E-state index contributed by atoms with van der Waals surface area (Å²) in [7, 11) is 0. The van der Waals surface area contributed by atoms with Gasteiger partial charge in [0.1, 0.15) is 12.1 Å². The van der Waals surface area contributed by atoms with E-state index >= 15 is 0 Å². The summed E-state index contributed by atoms with van der Waals surface area (Å²) in [6, 6.07) is 16.9. The average molecular weight is 375 g/mol. The third-order valence-electron chi connectivity index (χ3n) is 4.05. The summed E-state index contributed by atoms with van der Waals surface area (Å²) in [5.41, 5.74) is 2.14. The topological polar surface area (TPSA) is 59.8 Å². The first-order valence-electron chi connectivity index (χ1n) is 8.32. The van der Waals surface area contributed by atoms with Crippen LogP contribution in [0.25, 0.3) is 22.8 Å². The molecule has 4 rings (SSSR count). The molecule has 0 aliphatic carbocycles. The zero-order valence-corrected chi connectivity index (χ0v) is 15.0. The van der Waals surface area contributed by atoms with Crippen LogP contribution in [0.2, 0.25) is 5.02 Å². The number of hydrogen-bond donors (Lipinski definition) is 1. The highest BCUT2D eigenvalue weighted by Gasteiger charge is 2.07. The molecule has 0 saturated carbocycles. The maximum Gasteiger partial charge on any atom is 0.248 e. The van der Waals surface area contributed by atoms with E-state index in [4.69, 9.17) is 11.6 Å². The fraction of sp³-hybridized carbons (Fsp3) is 0. The zero-order chi connectivity index (χ0) is 18.6. The zero-order valence-electron chi connectivity index (χ0n) is 14.2. The lowest BCUT2D eigenvalue weighted by molar-refractivity contribution is -0.111. The molecule has 0 bridgehead atoms. The van der Waals surface area contributed by atoms with Crippen molar-refractivity contribution in [1.82, 2.24) is 14.5 Å². The van der Waals surface area contributed by atoms with E-state index < -0.39 is 0 Å². The van der Waals surface area contributed by atoms with Crippen molar-refractivity contribution in [1.29, 1.82) is 0 Å². The van der Waals surface area contributed by atoms with E-state index in [1.807, 2.05) is 59.3 Å². The number of hydrogen-bond acceptors (Lipinski definition) is 3. The van der Waals surface area contributed by atoms with Crippen LogP contribution in [0.15, 0.2) is 79.4 Å². The van der Waals surface area contributed by atoms with Gasteiger partial charge in [0.25, 0.3) is 0 Å². The summed E-state index contributed by atoms with van der Waals surface area (Å²) in [6.07, 6.45) is 8.34. The van der Waals surface area contributed by atoms with E-state index in [1.54, 1.807) is 24.7 Å². The molecule has 0 aliphatic heterocycles. The molecule has 0 unspecified atom stereocenters. The minimum atomic E-state index is -0.253. The van der Waals surface area contributed by atoms with Crippen LogP contribution in [-0.2, 0) is 4.79 Å². The summed E-state index contributed by atoms with van der Waals surface area (Å²) in [6.45, 7) is 0. The first-order chi connectivity index (χ1) is 13.2. The van der Waals surface area contributed by atoms with Crippen LogP contribution in [-0.4, -0.2) is 20.4 Å². The highest BCUT2D eigenvalue weighted by atomic mass is 35.5. The number of rotatable bonds is 4. The van der Waals surface area contributed by atoms with E-state index in [0.717, 1.165) is 16.8 Å². The van der Waals surface area contributed by atoms with Crippen molar-refractivity contribution in [3.63, 3.8) is 0 Å². The number of carbonyl (C=O) groups excluding carboxylic acids is 1. The van der Waals surface area contributed by atoms with Gasteiger partial charge in [-0.2, -0.15) is 0 Å². The first kappa shape index (κ1) is 17.0. The number of halogens is 1. The van der Waals surface area contributed by atoms with Crippen LogP contribution in [0.3, 0.4) is 0 Å². The first-order valence-corrected chi connectivity index (χ1v) is 8.70. The van der Waals surface area contributed by atoms with Crippen LogP contribution < -0.4 is 5.32 Å². The minimum Gasteiger partial charge on any atom is -0.321 e. The van der Waals surface area contributed by atoms with Gasteiger partial charge in [0, 0.05) is 28.9 Å². The Morgan fingerprint density at radius 3 is 2.78 bits per heavy atom. The number of amides is 1. The van der Waals surface area contributed by atoms with Crippen LogP contribution >= 0.6 is 11.6 Å². The van der Waals surface area contributed by atoms with Gasteiger partial charge in [-0.1, -0.05) is 41.9 Å². The second-order valence-electron chi connectivity index (χ2n) is 5.86.